The van der Waals surface area contributed by atoms with Gasteiger partial charge in [-0.25, -0.2) is 4.99 Å². The molecular weight excluding hydrogens is 298 g/mol. The number of rotatable bonds is 3. The van der Waals surface area contributed by atoms with Gasteiger partial charge in [0.15, 0.2) is 5.17 Å². The molecule has 0 aromatic heterocycles. The Bertz CT molecular complexity index is 450. The zero-order valence-corrected chi connectivity index (χ0v) is 12.7. The number of halogens is 1. The summed E-state index contributed by atoms with van der Waals surface area (Å²) in [7, 11) is 0. The van der Waals surface area contributed by atoms with E-state index in [1.54, 1.807) is 4.90 Å². The van der Waals surface area contributed by atoms with Gasteiger partial charge in [0.1, 0.15) is 0 Å². The van der Waals surface area contributed by atoms with E-state index in [-0.39, 0.29) is 18.3 Å². The smallest absolute Gasteiger partial charge is 0.233 e. The first kappa shape index (κ1) is 16.8. The number of aliphatic imine (C=N–C) groups is 1. The summed E-state index contributed by atoms with van der Waals surface area (Å²) in [5, 5.41) is 0.410. The first-order valence-corrected chi connectivity index (χ1v) is 7.12. The number of nitrogens with two attached hydrogens (primary N) is 1. The summed E-state index contributed by atoms with van der Waals surface area (Å²) in [5.41, 5.74) is 6.60. The van der Waals surface area contributed by atoms with Crippen LogP contribution in [0.1, 0.15) is 0 Å². The van der Waals surface area contributed by atoms with Crippen LogP contribution in [0.4, 0.5) is 5.69 Å². The fraction of sp³-hybridized carbons (Fsp3) is 0.385. The molecule has 0 saturated carbocycles. The lowest BCUT2D eigenvalue weighted by Gasteiger charge is -2.26. The van der Waals surface area contributed by atoms with Gasteiger partial charge in [-0.1, -0.05) is 30.0 Å². The molecule has 1 aliphatic heterocycles. The predicted molar refractivity (Wildman–Crippen MR) is 84.8 cm³/mol. The number of thioether (sulfide) groups is 1. The number of amidine groups is 1. The first-order valence-electron chi connectivity index (χ1n) is 6.13. The van der Waals surface area contributed by atoms with Crippen LogP contribution in [0.25, 0.3) is 0 Å². The normalized spacial score (nSPS) is 15.6. The van der Waals surface area contributed by atoms with Crippen molar-refractivity contribution < 1.29 is 9.53 Å². The zero-order chi connectivity index (χ0) is 13.5. The fourth-order valence-electron chi connectivity index (χ4n) is 1.70. The molecule has 110 valence electrons. The van der Waals surface area contributed by atoms with Crippen molar-refractivity contribution in [2.75, 3.05) is 32.1 Å². The van der Waals surface area contributed by atoms with E-state index in [9.17, 15) is 4.79 Å². The van der Waals surface area contributed by atoms with E-state index < -0.39 is 0 Å². The SMILES string of the molecule is Cl.NC(=Nc1ccccc1)SCC(=O)N1CCOCC1. The van der Waals surface area contributed by atoms with Crippen molar-refractivity contribution in [3.63, 3.8) is 0 Å². The van der Waals surface area contributed by atoms with Gasteiger partial charge in [0, 0.05) is 13.1 Å². The maximum absolute atomic E-state index is 11.9. The molecule has 1 aromatic carbocycles. The summed E-state index contributed by atoms with van der Waals surface area (Å²) in [6, 6.07) is 9.46. The molecule has 0 aliphatic carbocycles. The van der Waals surface area contributed by atoms with E-state index in [0.29, 0.717) is 37.2 Å². The summed E-state index contributed by atoms with van der Waals surface area (Å²) >= 11 is 1.27. The molecule has 1 heterocycles. The number of para-hydroxylation sites is 1. The molecule has 0 unspecified atom stereocenters. The molecule has 1 fully saturated rings. The number of amides is 1. The molecule has 1 saturated heterocycles. The number of carbonyl (C=O) groups excluding carboxylic acids is 1. The van der Waals surface area contributed by atoms with Gasteiger partial charge in [-0.05, 0) is 12.1 Å². The number of nitrogens with zero attached hydrogens (tertiary/aromatic N) is 2. The van der Waals surface area contributed by atoms with E-state index in [0.717, 1.165) is 5.69 Å². The Kier molecular flexibility index (Phi) is 7.43. The van der Waals surface area contributed by atoms with E-state index >= 15 is 0 Å². The van der Waals surface area contributed by atoms with E-state index in [1.165, 1.54) is 11.8 Å². The molecule has 0 atom stereocenters. The van der Waals surface area contributed by atoms with Crippen molar-refractivity contribution >= 4 is 40.9 Å². The molecule has 1 aromatic rings. The lowest BCUT2D eigenvalue weighted by Crippen LogP contribution is -2.41. The lowest BCUT2D eigenvalue weighted by molar-refractivity contribution is -0.132. The Morgan fingerprint density at radius 3 is 2.60 bits per heavy atom. The van der Waals surface area contributed by atoms with Crippen molar-refractivity contribution in [1.82, 2.24) is 4.90 Å². The molecule has 0 spiro atoms. The Hall–Kier alpha value is -1.24. The van der Waals surface area contributed by atoms with Crippen LogP contribution in [0.2, 0.25) is 0 Å². The van der Waals surface area contributed by atoms with Crippen molar-refractivity contribution in [3.05, 3.63) is 30.3 Å². The second-order valence-corrected chi connectivity index (χ2v) is 5.06. The molecule has 20 heavy (non-hydrogen) atoms. The van der Waals surface area contributed by atoms with Crippen LogP contribution < -0.4 is 5.73 Å². The largest absolute Gasteiger partial charge is 0.378 e. The van der Waals surface area contributed by atoms with Gasteiger partial charge in [-0.3, -0.25) is 4.79 Å². The highest BCUT2D eigenvalue weighted by Crippen LogP contribution is 2.13. The van der Waals surface area contributed by atoms with Crippen molar-refractivity contribution in [3.8, 4) is 0 Å². The number of ether oxygens (including phenoxy) is 1. The quantitative estimate of drug-likeness (QED) is 0.680. The molecule has 5 nitrogen and oxygen atoms in total. The van der Waals surface area contributed by atoms with Crippen LogP contribution in [0, 0.1) is 0 Å². The number of hydrogen-bond donors (Lipinski definition) is 1. The molecule has 1 amide bonds. The molecule has 7 heteroatoms. The summed E-state index contributed by atoms with van der Waals surface area (Å²) in [6.07, 6.45) is 0. The molecular formula is C13H18ClN3O2S. The Balaban J connectivity index is 0.00000200. The molecule has 1 aliphatic rings. The second-order valence-electron chi connectivity index (χ2n) is 4.07. The van der Waals surface area contributed by atoms with Crippen LogP contribution in [0.3, 0.4) is 0 Å². The monoisotopic (exact) mass is 315 g/mol. The standard InChI is InChI=1S/C13H17N3O2S.ClH/c14-13(15-11-4-2-1-3-5-11)19-10-12(17)16-6-8-18-9-7-16;/h1-5H,6-10H2,(H2,14,15);1H. The highest BCUT2D eigenvalue weighted by molar-refractivity contribution is 8.14. The molecule has 0 radical (unpaired) electrons. The van der Waals surface area contributed by atoms with Gasteiger partial charge in [0.05, 0.1) is 24.7 Å². The fourth-order valence-corrected chi connectivity index (χ4v) is 2.33. The predicted octanol–water partition coefficient (Wildman–Crippen LogP) is 1.65. The summed E-state index contributed by atoms with van der Waals surface area (Å²) < 4.78 is 5.21. The molecule has 2 N–H and O–H groups in total. The Labute approximate surface area is 129 Å². The minimum Gasteiger partial charge on any atom is -0.378 e. The number of carbonyl (C=O) groups is 1. The third-order valence-electron chi connectivity index (χ3n) is 2.70. The summed E-state index contributed by atoms with van der Waals surface area (Å²) in [4.78, 5) is 17.9. The van der Waals surface area contributed by atoms with Gasteiger partial charge in [0.25, 0.3) is 0 Å². The maximum atomic E-state index is 11.9. The minimum atomic E-state index is 0. The van der Waals surface area contributed by atoms with Crippen LogP contribution >= 0.6 is 24.2 Å². The van der Waals surface area contributed by atoms with E-state index in [2.05, 4.69) is 4.99 Å². The second kappa shape index (κ2) is 8.84. The average molecular weight is 316 g/mol. The van der Waals surface area contributed by atoms with E-state index in [4.69, 9.17) is 10.5 Å². The Morgan fingerprint density at radius 1 is 1.30 bits per heavy atom. The summed E-state index contributed by atoms with van der Waals surface area (Å²) in [6.45, 7) is 2.55. The number of benzene rings is 1. The van der Waals surface area contributed by atoms with E-state index in [1.807, 2.05) is 30.3 Å². The first-order chi connectivity index (χ1) is 9.25. The van der Waals surface area contributed by atoms with Gasteiger partial charge in [0.2, 0.25) is 5.91 Å². The Morgan fingerprint density at radius 2 is 1.95 bits per heavy atom. The lowest BCUT2D eigenvalue weighted by atomic mass is 10.3. The zero-order valence-electron chi connectivity index (χ0n) is 11.0. The van der Waals surface area contributed by atoms with Crippen LogP contribution in [-0.4, -0.2) is 48.0 Å². The summed E-state index contributed by atoms with van der Waals surface area (Å²) in [5.74, 6) is 0.404. The number of hydrogen-bond acceptors (Lipinski definition) is 4. The third kappa shape index (κ3) is 5.40. The van der Waals surface area contributed by atoms with Crippen molar-refractivity contribution in [1.29, 1.82) is 0 Å². The highest BCUT2D eigenvalue weighted by Gasteiger charge is 2.16. The third-order valence-corrected chi connectivity index (χ3v) is 3.48. The van der Waals surface area contributed by atoms with Gasteiger partial charge in [-0.15, -0.1) is 12.4 Å². The van der Waals surface area contributed by atoms with Gasteiger partial charge in [-0.2, -0.15) is 0 Å². The van der Waals surface area contributed by atoms with Crippen LogP contribution in [-0.2, 0) is 9.53 Å². The van der Waals surface area contributed by atoms with Crippen LogP contribution in [0.15, 0.2) is 35.3 Å². The minimum absolute atomic E-state index is 0. The topological polar surface area (TPSA) is 67.9 Å². The van der Waals surface area contributed by atoms with Gasteiger partial charge >= 0.3 is 0 Å². The van der Waals surface area contributed by atoms with Crippen molar-refractivity contribution in [2.24, 2.45) is 10.7 Å². The average Bonchev–Trinajstić information content (AvgIpc) is 2.47. The maximum Gasteiger partial charge on any atom is 0.233 e. The number of morpholine rings is 1. The molecule has 2 rings (SSSR count). The van der Waals surface area contributed by atoms with Crippen molar-refractivity contribution in [2.45, 2.75) is 0 Å². The van der Waals surface area contributed by atoms with Gasteiger partial charge < -0.3 is 15.4 Å². The highest BCUT2D eigenvalue weighted by atomic mass is 35.5. The molecule has 0 bridgehead atoms. The van der Waals surface area contributed by atoms with Crippen LogP contribution in [0.5, 0.6) is 0 Å².